The van der Waals surface area contributed by atoms with Crippen LogP contribution in [0.25, 0.3) is 0 Å². The number of nitrogens with zero attached hydrogens (tertiary/aromatic N) is 2. The van der Waals surface area contributed by atoms with E-state index in [0.717, 1.165) is 69.7 Å². The number of fused-ring (bicyclic) bond motifs is 1. The molecule has 5 heteroatoms. The molecule has 0 amide bonds. The third-order valence-electron chi connectivity index (χ3n) is 6.10. The maximum Gasteiger partial charge on any atom is 0.133 e. The van der Waals surface area contributed by atoms with Gasteiger partial charge in [0.1, 0.15) is 5.76 Å². The van der Waals surface area contributed by atoms with Crippen molar-refractivity contribution >= 4 is 0 Å². The molecule has 3 heterocycles. The number of rotatable bonds is 6. The van der Waals surface area contributed by atoms with E-state index in [9.17, 15) is 0 Å². The van der Waals surface area contributed by atoms with Crippen LogP contribution in [0.1, 0.15) is 50.0 Å². The number of aryl methyl sites for hydroxylation is 1. The molecule has 2 saturated heterocycles. The molecule has 3 aliphatic rings. The lowest BCUT2D eigenvalue weighted by Crippen LogP contribution is -2.56. The average molecular weight is 334 g/mol. The molecule has 0 bridgehead atoms. The Bertz CT molecular complexity index is 542. The lowest BCUT2D eigenvalue weighted by molar-refractivity contribution is -0.157. The van der Waals surface area contributed by atoms with Crippen molar-refractivity contribution in [3.05, 3.63) is 17.5 Å². The predicted octanol–water partition coefficient (Wildman–Crippen LogP) is 3.17. The fourth-order valence-electron chi connectivity index (χ4n) is 4.54. The molecule has 0 spiro atoms. The molecule has 1 aromatic rings. The summed E-state index contributed by atoms with van der Waals surface area (Å²) in [5.74, 6) is 1.70. The molecular weight excluding hydrogens is 304 g/mol. The van der Waals surface area contributed by atoms with Crippen LogP contribution in [-0.2, 0) is 16.0 Å². The van der Waals surface area contributed by atoms with Crippen LogP contribution in [0.5, 0.6) is 0 Å². The second-order valence-corrected chi connectivity index (χ2v) is 8.07. The Balaban J connectivity index is 1.38. The van der Waals surface area contributed by atoms with Crippen LogP contribution in [0.15, 0.2) is 10.6 Å². The summed E-state index contributed by atoms with van der Waals surface area (Å²) in [4.78, 5) is 2.51. The molecule has 134 valence electrons. The van der Waals surface area contributed by atoms with Crippen molar-refractivity contribution in [1.82, 2.24) is 10.1 Å². The topological polar surface area (TPSA) is 47.7 Å². The first-order chi connectivity index (χ1) is 11.7. The highest BCUT2D eigenvalue weighted by atomic mass is 16.5. The quantitative estimate of drug-likeness (QED) is 0.800. The highest BCUT2D eigenvalue weighted by Crippen LogP contribution is 2.41. The molecule has 0 radical (unpaired) electrons. The molecule has 0 aromatic carbocycles. The van der Waals surface area contributed by atoms with E-state index in [1.54, 1.807) is 0 Å². The van der Waals surface area contributed by atoms with Gasteiger partial charge in [-0.25, -0.2) is 0 Å². The largest absolute Gasteiger partial charge is 0.380 e. The van der Waals surface area contributed by atoms with E-state index in [0.29, 0.717) is 6.10 Å². The van der Waals surface area contributed by atoms with Crippen molar-refractivity contribution < 1.29 is 14.0 Å². The van der Waals surface area contributed by atoms with Crippen molar-refractivity contribution in [3.63, 3.8) is 0 Å². The van der Waals surface area contributed by atoms with Crippen LogP contribution in [0.2, 0.25) is 0 Å². The van der Waals surface area contributed by atoms with Gasteiger partial charge in [0, 0.05) is 44.3 Å². The SMILES string of the molecule is Cc1cc(CN2CCC3OCCCC3(COCC3CCC3)C2)no1. The van der Waals surface area contributed by atoms with Gasteiger partial charge < -0.3 is 14.0 Å². The lowest BCUT2D eigenvalue weighted by atomic mass is 9.73. The van der Waals surface area contributed by atoms with E-state index in [1.807, 2.05) is 13.0 Å². The number of hydrogen-bond donors (Lipinski definition) is 0. The molecular formula is C19H30N2O3. The van der Waals surface area contributed by atoms with Crippen LogP contribution >= 0.6 is 0 Å². The zero-order chi connectivity index (χ0) is 16.4. The van der Waals surface area contributed by atoms with Crippen molar-refractivity contribution in [2.24, 2.45) is 11.3 Å². The van der Waals surface area contributed by atoms with Gasteiger partial charge in [0.25, 0.3) is 0 Å². The Morgan fingerprint density at radius 2 is 2.25 bits per heavy atom. The number of likely N-dealkylation sites (tertiary alicyclic amines) is 1. The van der Waals surface area contributed by atoms with Gasteiger partial charge in [-0.1, -0.05) is 11.6 Å². The van der Waals surface area contributed by atoms with Gasteiger partial charge in [0.05, 0.1) is 18.4 Å². The molecule has 0 N–H and O–H groups in total. The summed E-state index contributed by atoms with van der Waals surface area (Å²) in [6.07, 6.45) is 7.92. The second-order valence-electron chi connectivity index (χ2n) is 8.07. The summed E-state index contributed by atoms with van der Waals surface area (Å²) < 4.78 is 17.6. The Hall–Kier alpha value is -0.910. The summed E-state index contributed by atoms with van der Waals surface area (Å²) in [7, 11) is 0. The second kappa shape index (κ2) is 7.14. The molecule has 1 saturated carbocycles. The van der Waals surface area contributed by atoms with Crippen molar-refractivity contribution in [2.75, 3.05) is 32.9 Å². The summed E-state index contributed by atoms with van der Waals surface area (Å²) >= 11 is 0. The van der Waals surface area contributed by atoms with Crippen LogP contribution in [0.4, 0.5) is 0 Å². The highest BCUT2D eigenvalue weighted by molar-refractivity contribution is 5.05. The smallest absolute Gasteiger partial charge is 0.133 e. The Labute approximate surface area is 144 Å². The molecule has 24 heavy (non-hydrogen) atoms. The highest BCUT2D eigenvalue weighted by Gasteiger charge is 2.46. The fourth-order valence-corrected chi connectivity index (χ4v) is 4.54. The Kier molecular flexibility index (Phi) is 4.93. The van der Waals surface area contributed by atoms with Gasteiger partial charge in [-0.05, 0) is 44.9 Å². The minimum Gasteiger partial charge on any atom is -0.380 e. The molecule has 3 fully saturated rings. The van der Waals surface area contributed by atoms with E-state index < -0.39 is 0 Å². The molecule has 2 atom stereocenters. The predicted molar refractivity (Wildman–Crippen MR) is 90.7 cm³/mol. The van der Waals surface area contributed by atoms with E-state index in [1.165, 1.54) is 25.7 Å². The van der Waals surface area contributed by atoms with E-state index in [2.05, 4.69) is 10.1 Å². The number of piperidine rings is 1. The molecule has 1 aliphatic carbocycles. The van der Waals surface area contributed by atoms with Crippen molar-refractivity contribution in [1.29, 1.82) is 0 Å². The number of hydrogen-bond acceptors (Lipinski definition) is 5. The lowest BCUT2D eigenvalue weighted by Gasteiger charge is -2.50. The Morgan fingerprint density at radius 1 is 1.33 bits per heavy atom. The van der Waals surface area contributed by atoms with Crippen molar-refractivity contribution in [2.45, 2.75) is 58.1 Å². The zero-order valence-corrected chi connectivity index (χ0v) is 14.8. The first-order valence-corrected chi connectivity index (χ1v) is 9.57. The first kappa shape index (κ1) is 16.6. The van der Waals surface area contributed by atoms with Crippen LogP contribution in [-0.4, -0.2) is 49.1 Å². The fraction of sp³-hybridized carbons (Fsp3) is 0.842. The van der Waals surface area contributed by atoms with Gasteiger partial charge in [-0.3, -0.25) is 4.90 Å². The van der Waals surface area contributed by atoms with E-state index in [4.69, 9.17) is 14.0 Å². The van der Waals surface area contributed by atoms with Gasteiger partial charge in [-0.15, -0.1) is 0 Å². The minimum absolute atomic E-state index is 0.166. The monoisotopic (exact) mass is 334 g/mol. The summed E-state index contributed by atoms with van der Waals surface area (Å²) in [6.45, 7) is 7.65. The van der Waals surface area contributed by atoms with Gasteiger partial charge >= 0.3 is 0 Å². The van der Waals surface area contributed by atoms with Gasteiger partial charge in [-0.2, -0.15) is 0 Å². The van der Waals surface area contributed by atoms with Gasteiger partial charge in [0.2, 0.25) is 0 Å². The average Bonchev–Trinajstić information content (AvgIpc) is 2.94. The molecule has 2 aliphatic heterocycles. The minimum atomic E-state index is 0.166. The Morgan fingerprint density at radius 3 is 3.00 bits per heavy atom. The zero-order valence-electron chi connectivity index (χ0n) is 14.8. The molecule has 1 aromatic heterocycles. The molecule has 2 unspecified atom stereocenters. The van der Waals surface area contributed by atoms with Crippen LogP contribution in [0, 0.1) is 18.3 Å². The van der Waals surface area contributed by atoms with E-state index >= 15 is 0 Å². The normalized spacial score (nSPS) is 31.6. The molecule has 5 nitrogen and oxygen atoms in total. The molecule has 4 rings (SSSR count). The summed E-state index contributed by atoms with van der Waals surface area (Å²) in [6, 6.07) is 2.04. The van der Waals surface area contributed by atoms with Crippen LogP contribution in [0.3, 0.4) is 0 Å². The summed E-state index contributed by atoms with van der Waals surface area (Å²) in [5.41, 5.74) is 1.20. The maximum atomic E-state index is 6.20. The number of ether oxygens (including phenoxy) is 2. The third kappa shape index (κ3) is 3.53. The maximum absolute atomic E-state index is 6.20. The number of aromatic nitrogens is 1. The van der Waals surface area contributed by atoms with E-state index in [-0.39, 0.29) is 5.41 Å². The summed E-state index contributed by atoms with van der Waals surface area (Å²) in [5, 5.41) is 4.16. The van der Waals surface area contributed by atoms with Gasteiger partial charge in [0.15, 0.2) is 0 Å². The first-order valence-electron chi connectivity index (χ1n) is 9.57. The van der Waals surface area contributed by atoms with Crippen LogP contribution < -0.4 is 0 Å². The third-order valence-corrected chi connectivity index (χ3v) is 6.10. The van der Waals surface area contributed by atoms with Crippen molar-refractivity contribution in [3.8, 4) is 0 Å². The standard InChI is InChI=1S/C19H30N2O3/c1-15-10-17(20-24-15)11-21-8-6-18-19(13-21,7-3-9-23-18)14-22-12-16-4-2-5-16/h10,16,18H,2-9,11-14H2,1H3.